The summed E-state index contributed by atoms with van der Waals surface area (Å²) < 4.78 is 6.58. The first-order valence-electron chi connectivity index (χ1n) is 6.31. The molecule has 0 fully saturated rings. The van der Waals surface area contributed by atoms with Gasteiger partial charge < -0.3 is 10.1 Å². The molecule has 0 aliphatic carbocycles. The number of aromatic nitrogens is 2. The van der Waals surface area contributed by atoms with Gasteiger partial charge in [-0.05, 0) is 24.3 Å². The summed E-state index contributed by atoms with van der Waals surface area (Å²) in [6.07, 6.45) is 5.48. The normalized spacial score (nSPS) is 12.7. The van der Waals surface area contributed by atoms with Gasteiger partial charge in [0.25, 0.3) is 0 Å². The van der Waals surface area contributed by atoms with Crippen LogP contribution in [0.3, 0.4) is 0 Å². The fraction of sp³-hybridized carbons (Fsp3) is 0.692. The van der Waals surface area contributed by atoms with Crippen molar-refractivity contribution >= 4 is 5.97 Å². The Morgan fingerprint density at radius 3 is 2.78 bits per heavy atom. The Kier molecular flexibility index (Phi) is 5.85. The molecule has 1 rings (SSSR count). The van der Waals surface area contributed by atoms with Crippen LogP contribution in [0.25, 0.3) is 0 Å². The van der Waals surface area contributed by atoms with E-state index in [9.17, 15) is 4.79 Å². The molecule has 0 amide bonds. The summed E-state index contributed by atoms with van der Waals surface area (Å²) in [4.78, 5) is 11.6. The second-order valence-electron chi connectivity index (χ2n) is 4.93. The number of carbonyl (C=O) groups excluding carboxylic acids is 1. The fourth-order valence-electron chi connectivity index (χ4n) is 1.87. The van der Waals surface area contributed by atoms with Gasteiger partial charge in [0.05, 0.1) is 13.3 Å². The molecule has 5 nitrogen and oxygen atoms in total. The van der Waals surface area contributed by atoms with Crippen LogP contribution in [0.4, 0.5) is 0 Å². The molecule has 0 saturated carbocycles. The van der Waals surface area contributed by atoms with Gasteiger partial charge in [-0.15, -0.1) is 0 Å². The smallest absolute Gasteiger partial charge is 0.322 e. The van der Waals surface area contributed by atoms with Gasteiger partial charge >= 0.3 is 5.97 Å². The summed E-state index contributed by atoms with van der Waals surface area (Å²) in [6, 6.07) is -0.216. The highest BCUT2D eigenvalue weighted by molar-refractivity contribution is 5.75. The predicted molar refractivity (Wildman–Crippen MR) is 70.2 cm³/mol. The number of rotatable bonds is 7. The van der Waals surface area contributed by atoms with E-state index in [4.69, 9.17) is 4.74 Å². The first kappa shape index (κ1) is 14.7. The van der Waals surface area contributed by atoms with Crippen LogP contribution in [0, 0.1) is 5.92 Å². The van der Waals surface area contributed by atoms with Gasteiger partial charge in [-0.2, -0.15) is 5.10 Å². The second kappa shape index (κ2) is 7.16. The third-order valence-electron chi connectivity index (χ3n) is 2.76. The van der Waals surface area contributed by atoms with Gasteiger partial charge in [0, 0.05) is 19.8 Å². The molecule has 1 atom stereocenters. The summed E-state index contributed by atoms with van der Waals surface area (Å²) in [5, 5.41) is 7.36. The van der Waals surface area contributed by atoms with E-state index in [1.165, 1.54) is 7.11 Å². The van der Waals surface area contributed by atoms with Crippen LogP contribution in [0.2, 0.25) is 0 Å². The molecule has 18 heavy (non-hydrogen) atoms. The van der Waals surface area contributed by atoms with E-state index in [0.29, 0.717) is 5.92 Å². The fourth-order valence-corrected chi connectivity index (χ4v) is 1.87. The maximum atomic E-state index is 11.6. The zero-order valence-electron chi connectivity index (χ0n) is 11.6. The Bertz CT molecular complexity index is 374. The monoisotopic (exact) mass is 253 g/mol. The van der Waals surface area contributed by atoms with Crippen LogP contribution in [0.5, 0.6) is 0 Å². The average molecular weight is 253 g/mol. The summed E-state index contributed by atoms with van der Waals surface area (Å²) in [5.41, 5.74) is 1.16. The Balaban J connectivity index is 2.39. The molecule has 0 aliphatic rings. The molecule has 0 spiro atoms. The zero-order chi connectivity index (χ0) is 13.5. The first-order valence-corrected chi connectivity index (χ1v) is 6.31. The van der Waals surface area contributed by atoms with E-state index < -0.39 is 0 Å². The van der Waals surface area contributed by atoms with Crippen molar-refractivity contribution < 1.29 is 9.53 Å². The number of hydrogen-bond donors (Lipinski definition) is 1. The minimum absolute atomic E-state index is 0.185. The number of hydrogen-bond acceptors (Lipinski definition) is 4. The molecule has 102 valence electrons. The third kappa shape index (κ3) is 4.87. The molecule has 0 bridgehead atoms. The number of esters is 1. The molecule has 1 aromatic heterocycles. The second-order valence-corrected chi connectivity index (χ2v) is 4.93. The summed E-state index contributed by atoms with van der Waals surface area (Å²) >= 11 is 0. The van der Waals surface area contributed by atoms with Gasteiger partial charge in [0.2, 0.25) is 0 Å². The standard InChI is InChI=1S/C13H23N3O2/c1-10(2)7-12(13(17)18-4)14-6-5-11-8-15-16(3)9-11/h8-10,12,14H,5-7H2,1-4H3. The summed E-state index contributed by atoms with van der Waals surface area (Å²) in [6.45, 7) is 4.94. The molecule has 0 saturated heterocycles. The quantitative estimate of drug-likeness (QED) is 0.740. The van der Waals surface area contributed by atoms with Gasteiger partial charge in [0.15, 0.2) is 0 Å². The average Bonchev–Trinajstić information content (AvgIpc) is 2.72. The van der Waals surface area contributed by atoms with Gasteiger partial charge in [-0.25, -0.2) is 0 Å². The molecular weight excluding hydrogens is 230 g/mol. The molecule has 5 heteroatoms. The number of nitrogens with one attached hydrogen (secondary N) is 1. The topological polar surface area (TPSA) is 56.1 Å². The summed E-state index contributed by atoms with van der Waals surface area (Å²) in [7, 11) is 3.32. The largest absolute Gasteiger partial charge is 0.468 e. The Labute approximate surface area is 109 Å². The van der Waals surface area contributed by atoms with Crippen molar-refractivity contribution in [2.24, 2.45) is 13.0 Å². The first-order chi connectivity index (χ1) is 8.52. The van der Waals surface area contributed by atoms with E-state index in [1.54, 1.807) is 4.68 Å². The predicted octanol–water partition coefficient (Wildman–Crippen LogP) is 1.14. The van der Waals surface area contributed by atoms with Crippen molar-refractivity contribution in [1.29, 1.82) is 0 Å². The van der Waals surface area contributed by atoms with Gasteiger partial charge in [-0.3, -0.25) is 9.48 Å². The molecule has 0 aromatic carbocycles. The molecule has 1 heterocycles. The highest BCUT2D eigenvalue weighted by Gasteiger charge is 2.19. The lowest BCUT2D eigenvalue weighted by Crippen LogP contribution is -2.39. The van der Waals surface area contributed by atoms with Gasteiger partial charge in [-0.1, -0.05) is 13.8 Å². The van der Waals surface area contributed by atoms with E-state index in [-0.39, 0.29) is 12.0 Å². The number of aryl methyl sites for hydroxylation is 1. The minimum atomic E-state index is -0.216. The van der Waals surface area contributed by atoms with Crippen molar-refractivity contribution in [2.45, 2.75) is 32.7 Å². The molecule has 0 radical (unpaired) electrons. The van der Waals surface area contributed by atoms with Crippen molar-refractivity contribution in [1.82, 2.24) is 15.1 Å². The molecule has 0 aliphatic heterocycles. The lowest BCUT2D eigenvalue weighted by atomic mass is 10.0. The Morgan fingerprint density at radius 2 is 2.28 bits per heavy atom. The van der Waals surface area contributed by atoms with E-state index in [1.807, 2.05) is 19.4 Å². The summed E-state index contributed by atoms with van der Waals surface area (Å²) in [5.74, 6) is 0.273. The van der Waals surface area contributed by atoms with Crippen LogP contribution >= 0.6 is 0 Å². The van der Waals surface area contributed by atoms with E-state index in [2.05, 4.69) is 24.3 Å². The number of nitrogens with zero attached hydrogens (tertiary/aromatic N) is 2. The Morgan fingerprint density at radius 1 is 1.56 bits per heavy atom. The van der Waals surface area contributed by atoms with Crippen LogP contribution < -0.4 is 5.32 Å². The molecule has 1 aromatic rings. The Hall–Kier alpha value is -1.36. The molecule has 1 unspecified atom stereocenters. The minimum Gasteiger partial charge on any atom is -0.468 e. The SMILES string of the molecule is COC(=O)C(CC(C)C)NCCc1cnn(C)c1. The highest BCUT2D eigenvalue weighted by atomic mass is 16.5. The van der Waals surface area contributed by atoms with Crippen molar-refractivity contribution in [2.75, 3.05) is 13.7 Å². The molecule has 1 N–H and O–H groups in total. The zero-order valence-corrected chi connectivity index (χ0v) is 11.6. The van der Waals surface area contributed by atoms with Crippen molar-refractivity contribution in [3.05, 3.63) is 18.0 Å². The lowest BCUT2D eigenvalue weighted by molar-refractivity contribution is -0.143. The third-order valence-corrected chi connectivity index (χ3v) is 2.76. The number of methoxy groups -OCH3 is 1. The number of carbonyl (C=O) groups is 1. The van der Waals surface area contributed by atoms with Crippen molar-refractivity contribution in [3.8, 4) is 0 Å². The van der Waals surface area contributed by atoms with Crippen molar-refractivity contribution in [3.63, 3.8) is 0 Å². The van der Waals surface area contributed by atoms with Crippen LogP contribution in [-0.2, 0) is 23.0 Å². The number of ether oxygens (including phenoxy) is 1. The highest BCUT2D eigenvalue weighted by Crippen LogP contribution is 2.06. The molecular formula is C13H23N3O2. The maximum Gasteiger partial charge on any atom is 0.322 e. The maximum absolute atomic E-state index is 11.6. The van der Waals surface area contributed by atoms with Crippen LogP contribution in [0.15, 0.2) is 12.4 Å². The van der Waals surface area contributed by atoms with E-state index in [0.717, 1.165) is 24.9 Å². The lowest BCUT2D eigenvalue weighted by Gasteiger charge is -2.18. The van der Waals surface area contributed by atoms with Crippen LogP contribution in [-0.4, -0.2) is 35.4 Å². The van der Waals surface area contributed by atoms with E-state index >= 15 is 0 Å². The van der Waals surface area contributed by atoms with Crippen LogP contribution in [0.1, 0.15) is 25.8 Å². The van der Waals surface area contributed by atoms with Gasteiger partial charge in [0.1, 0.15) is 6.04 Å².